The Kier molecular flexibility index (Phi) is 4.12. The number of fused-ring (bicyclic) bond motifs is 1. The van der Waals surface area contributed by atoms with Gasteiger partial charge in [0.25, 0.3) is 5.91 Å². The molecule has 3 heteroatoms. The van der Waals surface area contributed by atoms with E-state index in [9.17, 15) is 4.79 Å². The third-order valence-corrected chi connectivity index (χ3v) is 4.49. The molecule has 2 unspecified atom stereocenters. The molecule has 23 heavy (non-hydrogen) atoms. The van der Waals surface area contributed by atoms with Crippen molar-refractivity contribution in [3.05, 3.63) is 59.7 Å². The number of aryl methyl sites for hydroxylation is 1. The summed E-state index contributed by atoms with van der Waals surface area (Å²) in [5.74, 6) is 0.911. The van der Waals surface area contributed by atoms with Crippen molar-refractivity contribution in [2.45, 2.75) is 45.8 Å². The lowest BCUT2D eigenvalue weighted by Gasteiger charge is -2.31. The van der Waals surface area contributed by atoms with Crippen molar-refractivity contribution in [3.63, 3.8) is 0 Å². The molecule has 120 valence electrons. The maximum absolute atomic E-state index is 13.2. The molecular weight excluding hydrogens is 286 g/mol. The number of amides is 1. The van der Waals surface area contributed by atoms with E-state index in [-0.39, 0.29) is 17.9 Å². The van der Waals surface area contributed by atoms with Gasteiger partial charge in [-0.05, 0) is 38.5 Å². The van der Waals surface area contributed by atoms with Crippen molar-refractivity contribution >= 4 is 11.6 Å². The highest BCUT2D eigenvalue weighted by molar-refractivity contribution is 5.99. The van der Waals surface area contributed by atoms with Gasteiger partial charge in [0, 0.05) is 23.2 Å². The number of benzene rings is 2. The number of hydrogen-bond donors (Lipinski definition) is 0. The van der Waals surface area contributed by atoms with Crippen LogP contribution in [0.25, 0.3) is 0 Å². The van der Waals surface area contributed by atoms with Gasteiger partial charge in [-0.1, -0.05) is 43.3 Å². The van der Waals surface area contributed by atoms with E-state index in [0.717, 1.165) is 22.6 Å². The predicted molar refractivity (Wildman–Crippen MR) is 93.1 cm³/mol. The number of para-hydroxylation sites is 2. The summed E-state index contributed by atoms with van der Waals surface area (Å²) < 4.78 is 5.98. The van der Waals surface area contributed by atoms with Gasteiger partial charge >= 0.3 is 0 Å². The third-order valence-electron chi connectivity index (χ3n) is 4.49. The first-order valence-electron chi connectivity index (χ1n) is 8.15. The summed E-state index contributed by atoms with van der Waals surface area (Å²) in [6.07, 6.45) is -0.464. The van der Waals surface area contributed by atoms with Crippen LogP contribution in [0.5, 0.6) is 5.75 Å². The zero-order valence-electron chi connectivity index (χ0n) is 14.1. The molecule has 0 saturated carbocycles. The lowest BCUT2D eigenvalue weighted by Crippen LogP contribution is -2.46. The Morgan fingerprint density at radius 2 is 1.74 bits per heavy atom. The minimum atomic E-state index is -0.464. The van der Waals surface area contributed by atoms with E-state index in [0.29, 0.717) is 0 Å². The molecule has 0 aromatic heterocycles. The Morgan fingerprint density at radius 1 is 1.09 bits per heavy atom. The molecule has 1 aliphatic rings. The molecule has 0 radical (unpaired) electrons. The quantitative estimate of drug-likeness (QED) is 0.846. The van der Waals surface area contributed by atoms with Crippen LogP contribution in [-0.2, 0) is 4.79 Å². The highest BCUT2D eigenvalue weighted by Crippen LogP contribution is 2.39. The second kappa shape index (κ2) is 6.07. The molecule has 0 bridgehead atoms. The number of nitrogens with zero attached hydrogens (tertiary/aromatic N) is 1. The summed E-state index contributed by atoms with van der Waals surface area (Å²) in [4.78, 5) is 15.1. The Balaban J connectivity index is 1.94. The first-order valence-corrected chi connectivity index (χ1v) is 8.15. The summed E-state index contributed by atoms with van der Waals surface area (Å²) in [7, 11) is 0. The first-order chi connectivity index (χ1) is 11.0. The van der Waals surface area contributed by atoms with E-state index in [1.54, 1.807) is 0 Å². The second-order valence-electron chi connectivity index (χ2n) is 6.45. The predicted octanol–water partition coefficient (Wildman–Crippen LogP) is 4.30. The number of carbonyl (C=O) groups is 1. The normalized spacial score (nSPS) is 19.3. The zero-order chi connectivity index (χ0) is 16.6. The van der Waals surface area contributed by atoms with Gasteiger partial charge in [0.2, 0.25) is 0 Å². The number of anilines is 1. The molecule has 3 nitrogen and oxygen atoms in total. The molecule has 1 heterocycles. The largest absolute Gasteiger partial charge is 0.480 e. The summed E-state index contributed by atoms with van der Waals surface area (Å²) in [5.41, 5.74) is 3.16. The Hall–Kier alpha value is -2.29. The van der Waals surface area contributed by atoms with Gasteiger partial charge in [0.05, 0.1) is 0 Å². The number of rotatable bonds is 3. The van der Waals surface area contributed by atoms with Gasteiger partial charge < -0.3 is 9.64 Å². The van der Waals surface area contributed by atoms with E-state index >= 15 is 0 Å². The van der Waals surface area contributed by atoms with Gasteiger partial charge in [0.15, 0.2) is 6.10 Å². The maximum Gasteiger partial charge on any atom is 0.268 e. The number of ether oxygens (including phenoxy) is 1. The standard InChI is InChI=1S/C20H23NO2/c1-13(2)21(17-11-7-5-9-14(17)3)20(22)19-15(4)16-10-6-8-12-18(16)23-19/h5-13,15,19H,1-4H3. The third kappa shape index (κ3) is 2.72. The van der Waals surface area contributed by atoms with Crippen LogP contribution in [0.2, 0.25) is 0 Å². The van der Waals surface area contributed by atoms with E-state index < -0.39 is 6.10 Å². The number of carbonyl (C=O) groups excluding carboxylic acids is 1. The van der Waals surface area contributed by atoms with Crippen molar-refractivity contribution in [1.82, 2.24) is 0 Å². The van der Waals surface area contributed by atoms with Crippen molar-refractivity contribution < 1.29 is 9.53 Å². The van der Waals surface area contributed by atoms with Crippen LogP contribution in [0, 0.1) is 6.92 Å². The fraction of sp³-hybridized carbons (Fsp3) is 0.350. The Morgan fingerprint density at radius 3 is 2.39 bits per heavy atom. The van der Waals surface area contributed by atoms with Gasteiger partial charge in [-0.15, -0.1) is 0 Å². The van der Waals surface area contributed by atoms with Gasteiger partial charge in [0.1, 0.15) is 5.75 Å². The topological polar surface area (TPSA) is 29.5 Å². The van der Waals surface area contributed by atoms with Gasteiger partial charge in [-0.2, -0.15) is 0 Å². The molecule has 3 rings (SSSR count). The maximum atomic E-state index is 13.2. The molecule has 0 saturated heterocycles. The molecule has 0 spiro atoms. The zero-order valence-corrected chi connectivity index (χ0v) is 14.1. The fourth-order valence-corrected chi connectivity index (χ4v) is 3.25. The highest BCUT2D eigenvalue weighted by Gasteiger charge is 2.39. The first kappa shape index (κ1) is 15.6. The fourth-order valence-electron chi connectivity index (χ4n) is 3.25. The van der Waals surface area contributed by atoms with Crippen molar-refractivity contribution in [2.75, 3.05) is 4.90 Å². The summed E-state index contributed by atoms with van der Waals surface area (Å²) in [5, 5.41) is 0. The van der Waals surface area contributed by atoms with Crippen LogP contribution in [0.4, 0.5) is 5.69 Å². The number of hydrogen-bond acceptors (Lipinski definition) is 2. The summed E-state index contributed by atoms with van der Waals surface area (Å²) in [6, 6.07) is 16.0. The molecule has 0 fully saturated rings. The van der Waals surface area contributed by atoms with Crippen LogP contribution < -0.4 is 9.64 Å². The lowest BCUT2D eigenvalue weighted by atomic mass is 9.96. The molecule has 2 aromatic carbocycles. The summed E-state index contributed by atoms with van der Waals surface area (Å²) in [6.45, 7) is 8.17. The van der Waals surface area contributed by atoms with Crippen molar-refractivity contribution in [1.29, 1.82) is 0 Å². The minimum Gasteiger partial charge on any atom is -0.480 e. The molecule has 1 aliphatic heterocycles. The van der Waals surface area contributed by atoms with Crippen LogP contribution in [0.3, 0.4) is 0 Å². The van der Waals surface area contributed by atoms with Crippen molar-refractivity contribution in [3.8, 4) is 5.75 Å². The monoisotopic (exact) mass is 309 g/mol. The van der Waals surface area contributed by atoms with Crippen LogP contribution in [0.1, 0.15) is 37.8 Å². The Bertz CT molecular complexity index is 723. The van der Waals surface area contributed by atoms with Gasteiger partial charge in [-0.3, -0.25) is 4.79 Å². The van der Waals surface area contributed by atoms with E-state index in [2.05, 4.69) is 6.92 Å². The van der Waals surface area contributed by atoms with E-state index in [4.69, 9.17) is 4.74 Å². The average molecular weight is 309 g/mol. The molecule has 0 N–H and O–H groups in total. The molecular formula is C20H23NO2. The molecule has 2 atom stereocenters. The van der Waals surface area contributed by atoms with Gasteiger partial charge in [-0.25, -0.2) is 0 Å². The molecule has 2 aromatic rings. The molecule has 1 amide bonds. The minimum absolute atomic E-state index is 0.0259. The second-order valence-corrected chi connectivity index (χ2v) is 6.45. The van der Waals surface area contributed by atoms with Crippen molar-refractivity contribution in [2.24, 2.45) is 0 Å². The molecule has 0 aliphatic carbocycles. The summed E-state index contributed by atoms with van der Waals surface area (Å²) >= 11 is 0. The van der Waals surface area contributed by atoms with Crippen LogP contribution in [0.15, 0.2) is 48.5 Å². The van der Waals surface area contributed by atoms with Crippen LogP contribution >= 0.6 is 0 Å². The Labute approximate surface area is 137 Å². The lowest BCUT2D eigenvalue weighted by molar-refractivity contribution is -0.125. The smallest absolute Gasteiger partial charge is 0.268 e. The van der Waals surface area contributed by atoms with Crippen LogP contribution in [-0.4, -0.2) is 18.1 Å². The van der Waals surface area contributed by atoms with E-state index in [1.165, 1.54) is 0 Å². The van der Waals surface area contributed by atoms with E-state index in [1.807, 2.05) is 74.2 Å². The SMILES string of the molecule is Cc1ccccc1N(C(=O)C1Oc2ccccc2C1C)C(C)C. The average Bonchev–Trinajstić information content (AvgIpc) is 2.87. The highest BCUT2D eigenvalue weighted by atomic mass is 16.5.